The van der Waals surface area contributed by atoms with Crippen LogP contribution in [0.2, 0.25) is 0 Å². The molecule has 5 nitrogen and oxygen atoms in total. The standard InChI is InChI=1S/C15H17F3N2O3/c1-3-23-12-6-4-11(5-7-12)8-13(21)20-14(22,15(16,17)18)9-10(2)19-20/h4-7,22H,3,8-9H2,1-2H3/t14-/m0/s1. The van der Waals surface area contributed by atoms with Crippen LogP contribution in [0.5, 0.6) is 5.75 Å². The van der Waals surface area contributed by atoms with E-state index in [9.17, 15) is 23.1 Å². The van der Waals surface area contributed by atoms with Crippen molar-refractivity contribution in [3.63, 3.8) is 0 Å². The number of hydrogen-bond donors (Lipinski definition) is 1. The summed E-state index contributed by atoms with van der Waals surface area (Å²) in [5.41, 5.74) is -2.73. The normalized spacial score (nSPS) is 21.3. The molecular weight excluding hydrogens is 313 g/mol. The minimum absolute atomic E-state index is 0.0462. The molecule has 0 saturated heterocycles. The third kappa shape index (κ3) is 3.47. The SMILES string of the molecule is CCOc1ccc(CC(=O)N2N=C(C)C[C@]2(O)C(F)(F)F)cc1. The largest absolute Gasteiger partial charge is 0.494 e. The van der Waals surface area contributed by atoms with E-state index in [1.54, 1.807) is 24.3 Å². The van der Waals surface area contributed by atoms with Crippen LogP contribution in [-0.4, -0.2) is 40.2 Å². The van der Waals surface area contributed by atoms with E-state index in [0.717, 1.165) is 0 Å². The van der Waals surface area contributed by atoms with Gasteiger partial charge in [-0.2, -0.15) is 23.3 Å². The first-order valence-corrected chi connectivity index (χ1v) is 7.05. The van der Waals surface area contributed by atoms with E-state index in [0.29, 0.717) is 17.9 Å². The topological polar surface area (TPSA) is 62.1 Å². The Balaban J connectivity index is 2.15. The van der Waals surface area contributed by atoms with Gasteiger partial charge in [-0.05, 0) is 31.5 Å². The van der Waals surface area contributed by atoms with Crippen molar-refractivity contribution < 1.29 is 27.8 Å². The lowest BCUT2D eigenvalue weighted by atomic mass is 10.1. The average Bonchev–Trinajstić information content (AvgIpc) is 2.77. The van der Waals surface area contributed by atoms with Crippen LogP contribution in [0.3, 0.4) is 0 Å². The highest BCUT2D eigenvalue weighted by molar-refractivity contribution is 5.89. The highest BCUT2D eigenvalue weighted by Gasteiger charge is 2.62. The van der Waals surface area contributed by atoms with Crippen LogP contribution in [0.15, 0.2) is 29.4 Å². The predicted octanol–water partition coefficient (Wildman–Crippen LogP) is 2.49. The molecule has 2 rings (SSSR count). The second-order valence-corrected chi connectivity index (χ2v) is 5.29. The number of halogens is 3. The van der Waals surface area contributed by atoms with Gasteiger partial charge in [-0.25, -0.2) is 0 Å². The van der Waals surface area contributed by atoms with Gasteiger partial charge in [0.05, 0.1) is 13.0 Å². The number of ether oxygens (including phenoxy) is 1. The summed E-state index contributed by atoms with van der Waals surface area (Å²) in [5.74, 6) is -0.323. The van der Waals surface area contributed by atoms with E-state index in [1.807, 2.05) is 6.92 Å². The molecule has 1 heterocycles. The zero-order valence-electron chi connectivity index (χ0n) is 12.7. The number of hydrazone groups is 1. The lowest BCUT2D eigenvalue weighted by Crippen LogP contribution is -2.57. The van der Waals surface area contributed by atoms with Crippen molar-refractivity contribution in [1.29, 1.82) is 0 Å². The van der Waals surface area contributed by atoms with Crippen LogP contribution >= 0.6 is 0 Å². The number of benzene rings is 1. The molecule has 0 fully saturated rings. The summed E-state index contributed by atoms with van der Waals surface area (Å²) in [4.78, 5) is 12.2. The molecule has 0 spiro atoms. The van der Waals surface area contributed by atoms with Gasteiger partial charge in [0.1, 0.15) is 5.75 Å². The van der Waals surface area contributed by atoms with Gasteiger partial charge in [0, 0.05) is 12.1 Å². The highest BCUT2D eigenvalue weighted by atomic mass is 19.4. The fraction of sp³-hybridized carbons (Fsp3) is 0.467. The predicted molar refractivity (Wildman–Crippen MR) is 76.9 cm³/mol. The Morgan fingerprint density at radius 1 is 1.39 bits per heavy atom. The van der Waals surface area contributed by atoms with Crippen molar-refractivity contribution in [3.05, 3.63) is 29.8 Å². The summed E-state index contributed by atoms with van der Waals surface area (Å²) in [6, 6.07) is 6.42. The van der Waals surface area contributed by atoms with Crippen molar-refractivity contribution in [2.45, 2.75) is 38.6 Å². The van der Waals surface area contributed by atoms with Crippen LogP contribution in [0.25, 0.3) is 0 Å². The first-order valence-electron chi connectivity index (χ1n) is 7.05. The highest BCUT2D eigenvalue weighted by Crippen LogP contribution is 2.40. The Kier molecular flexibility index (Phi) is 4.65. The molecular formula is C15H17F3N2O3. The molecule has 23 heavy (non-hydrogen) atoms. The summed E-state index contributed by atoms with van der Waals surface area (Å²) in [7, 11) is 0. The van der Waals surface area contributed by atoms with E-state index < -0.39 is 24.2 Å². The quantitative estimate of drug-likeness (QED) is 0.922. The molecule has 0 unspecified atom stereocenters. The number of carbonyl (C=O) groups is 1. The number of rotatable bonds is 4. The van der Waals surface area contributed by atoms with Crippen LogP contribution < -0.4 is 4.74 Å². The summed E-state index contributed by atoms with van der Waals surface area (Å²) < 4.78 is 44.5. The molecule has 1 amide bonds. The van der Waals surface area contributed by atoms with Crippen molar-refractivity contribution >= 4 is 11.6 Å². The van der Waals surface area contributed by atoms with E-state index in [1.165, 1.54) is 6.92 Å². The number of amides is 1. The number of carbonyl (C=O) groups excluding carboxylic acids is 1. The first kappa shape index (κ1) is 17.3. The second kappa shape index (κ2) is 6.19. The number of aliphatic hydroxyl groups is 1. The molecule has 1 aromatic carbocycles. The molecule has 0 saturated carbocycles. The molecule has 1 atom stereocenters. The molecule has 0 aromatic heterocycles. The zero-order chi connectivity index (χ0) is 17.3. The third-order valence-corrected chi connectivity index (χ3v) is 3.40. The Labute approximate surface area is 131 Å². The van der Waals surface area contributed by atoms with Gasteiger partial charge in [0.15, 0.2) is 0 Å². The van der Waals surface area contributed by atoms with Crippen LogP contribution in [0.4, 0.5) is 13.2 Å². The van der Waals surface area contributed by atoms with Crippen LogP contribution in [0, 0.1) is 0 Å². The third-order valence-electron chi connectivity index (χ3n) is 3.40. The van der Waals surface area contributed by atoms with Gasteiger partial charge in [-0.1, -0.05) is 12.1 Å². The Bertz CT molecular complexity index is 613. The smallest absolute Gasteiger partial charge is 0.438 e. The fourth-order valence-corrected chi connectivity index (χ4v) is 2.32. The van der Waals surface area contributed by atoms with E-state index in [-0.39, 0.29) is 17.1 Å². The van der Waals surface area contributed by atoms with Crippen molar-refractivity contribution in [2.75, 3.05) is 6.61 Å². The van der Waals surface area contributed by atoms with Gasteiger partial charge >= 0.3 is 6.18 Å². The maximum Gasteiger partial charge on any atom is 0.438 e. The van der Waals surface area contributed by atoms with E-state index in [2.05, 4.69) is 5.10 Å². The molecule has 0 radical (unpaired) electrons. The molecule has 0 aliphatic carbocycles. The molecule has 0 bridgehead atoms. The van der Waals surface area contributed by atoms with Gasteiger partial charge in [0.2, 0.25) is 5.91 Å². The summed E-state index contributed by atoms with van der Waals surface area (Å²) in [5, 5.41) is 13.6. The molecule has 1 aliphatic heterocycles. The Morgan fingerprint density at radius 3 is 2.52 bits per heavy atom. The fourth-order valence-electron chi connectivity index (χ4n) is 2.32. The molecule has 1 aliphatic rings. The summed E-state index contributed by atoms with van der Waals surface area (Å²) in [6.07, 6.45) is -6.03. The number of alkyl halides is 3. The van der Waals surface area contributed by atoms with Crippen molar-refractivity contribution in [3.8, 4) is 5.75 Å². The van der Waals surface area contributed by atoms with E-state index in [4.69, 9.17) is 4.74 Å². The minimum atomic E-state index is -4.98. The molecule has 1 N–H and O–H groups in total. The van der Waals surface area contributed by atoms with Gasteiger partial charge < -0.3 is 9.84 Å². The number of nitrogens with zero attached hydrogens (tertiary/aromatic N) is 2. The number of hydrogen-bond acceptors (Lipinski definition) is 4. The van der Waals surface area contributed by atoms with E-state index >= 15 is 0 Å². The first-order chi connectivity index (χ1) is 10.7. The lowest BCUT2D eigenvalue weighted by molar-refractivity contribution is -0.302. The second-order valence-electron chi connectivity index (χ2n) is 5.29. The Morgan fingerprint density at radius 2 is 2.00 bits per heavy atom. The Hall–Kier alpha value is -2.09. The minimum Gasteiger partial charge on any atom is -0.494 e. The molecule has 126 valence electrons. The summed E-state index contributed by atoms with van der Waals surface area (Å²) in [6.45, 7) is 3.64. The lowest BCUT2D eigenvalue weighted by Gasteiger charge is -2.32. The van der Waals surface area contributed by atoms with Crippen molar-refractivity contribution in [2.24, 2.45) is 5.10 Å². The van der Waals surface area contributed by atoms with Crippen molar-refractivity contribution in [1.82, 2.24) is 5.01 Å². The zero-order valence-corrected chi connectivity index (χ0v) is 12.7. The molecule has 8 heteroatoms. The maximum atomic E-state index is 13.1. The van der Waals surface area contributed by atoms with Crippen LogP contribution in [0.1, 0.15) is 25.8 Å². The molecule has 1 aromatic rings. The van der Waals surface area contributed by atoms with Gasteiger partial charge in [0.25, 0.3) is 5.72 Å². The average molecular weight is 330 g/mol. The van der Waals surface area contributed by atoms with Crippen LogP contribution in [-0.2, 0) is 11.2 Å². The maximum absolute atomic E-state index is 13.1. The summed E-state index contributed by atoms with van der Waals surface area (Å²) >= 11 is 0. The monoisotopic (exact) mass is 330 g/mol. The van der Waals surface area contributed by atoms with Gasteiger partial charge in [-0.3, -0.25) is 4.79 Å². The van der Waals surface area contributed by atoms with Gasteiger partial charge in [-0.15, -0.1) is 0 Å².